The van der Waals surface area contributed by atoms with Gasteiger partial charge in [0, 0.05) is 25.1 Å². The third-order valence-electron chi connectivity index (χ3n) is 4.49. The van der Waals surface area contributed by atoms with E-state index in [1.165, 1.54) is 0 Å². The number of phenols is 1. The molecule has 7 nitrogen and oxygen atoms in total. The fraction of sp³-hybridized carbons (Fsp3) is 0.300. The molecule has 0 aliphatic carbocycles. The topological polar surface area (TPSA) is 105 Å². The lowest BCUT2D eigenvalue weighted by Gasteiger charge is -2.20. The fourth-order valence-corrected chi connectivity index (χ4v) is 3.08. The number of benzene rings is 2. The van der Waals surface area contributed by atoms with E-state index in [1.54, 1.807) is 11.0 Å². The standard InChI is InChI=1S/C20H23N3O4/c1-13-2-4-14(5-3-13)15-10-16-12-23(18(25)6-7-22-20(21)26)8-9-27-19(16)17(24)11-15/h2-5,10-11,24H,6-9,12H2,1H3,(H3,21,22,26). The molecule has 3 amide bonds. The van der Waals surface area contributed by atoms with Crippen molar-refractivity contribution >= 4 is 11.9 Å². The van der Waals surface area contributed by atoms with Crippen molar-refractivity contribution in [3.8, 4) is 22.6 Å². The number of nitrogens with one attached hydrogen (secondary N) is 1. The summed E-state index contributed by atoms with van der Waals surface area (Å²) in [5.41, 5.74) is 8.76. The number of hydrogen-bond acceptors (Lipinski definition) is 4. The monoisotopic (exact) mass is 369 g/mol. The number of ether oxygens (including phenoxy) is 1. The molecule has 2 aromatic rings. The molecule has 7 heteroatoms. The Morgan fingerprint density at radius 3 is 2.67 bits per heavy atom. The number of nitrogens with two attached hydrogens (primary N) is 1. The number of rotatable bonds is 4. The zero-order valence-electron chi connectivity index (χ0n) is 15.2. The van der Waals surface area contributed by atoms with Gasteiger partial charge in [-0.1, -0.05) is 29.8 Å². The van der Waals surface area contributed by atoms with Gasteiger partial charge in [-0.05, 0) is 30.2 Å². The quantitative estimate of drug-likeness (QED) is 0.768. The summed E-state index contributed by atoms with van der Waals surface area (Å²) in [5, 5.41) is 12.8. The van der Waals surface area contributed by atoms with Crippen LogP contribution in [0.1, 0.15) is 17.5 Å². The fourth-order valence-electron chi connectivity index (χ4n) is 3.08. The van der Waals surface area contributed by atoms with E-state index in [9.17, 15) is 14.7 Å². The number of aryl methyl sites for hydroxylation is 1. The number of aromatic hydroxyl groups is 1. The summed E-state index contributed by atoms with van der Waals surface area (Å²) in [6.07, 6.45) is 0.155. The lowest BCUT2D eigenvalue weighted by Crippen LogP contribution is -2.36. The number of nitrogens with zero attached hydrogens (tertiary/aromatic N) is 1. The summed E-state index contributed by atoms with van der Waals surface area (Å²) in [5.74, 6) is 0.365. The van der Waals surface area contributed by atoms with Crippen LogP contribution in [0.4, 0.5) is 4.79 Å². The Kier molecular flexibility index (Phi) is 5.49. The highest BCUT2D eigenvalue weighted by Gasteiger charge is 2.22. The predicted molar refractivity (Wildman–Crippen MR) is 101 cm³/mol. The van der Waals surface area contributed by atoms with Crippen molar-refractivity contribution in [2.45, 2.75) is 19.9 Å². The first kappa shape index (κ1) is 18.6. The highest BCUT2D eigenvalue weighted by atomic mass is 16.5. The first-order chi connectivity index (χ1) is 12.9. The maximum atomic E-state index is 12.4. The molecule has 1 heterocycles. The molecule has 0 atom stereocenters. The van der Waals surface area contributed by atoms with Gasteiger partial charge in [-0.15, -0.1) is 0 Å². The summed E-state index contributed by atoms with van der Waals surface area (Å²) in [6.45, 7) is 3.23. The van der Waals surface area contributed by atoms with E-state index in [4.69, 9.17) is 10.5 Å². The van der Waals surface area contributed by atoms with Crippen LogP contribution in [0.5, 0.6) is 11.5 Å². The normalized spacial score (nSPS) is 13.3. The van der Waals surface area contributed by atoms with Gasteiger partial charge >= 0.3 is 6.03 Å². The van der Waals surface area contributed by atoms with Crippen LogP contribution in [0.3, 0.4) is 0 Å². The minimum absolute atomic E-state index is 0.0627. The number of urea groups is 1. The number of carbonyl (C=O) groups excluding carboxylic acids is 2. The van der Waals surface area contributed by atoms with E-state index in [0.717, 1.165) is 22.3 Å². The molecule has 0 saturated carbocycles. The van der Waals surface area contributed by atoms with Gasteiger partial charge in [0.2, 0.25) is 5.91 Å². The Hall–Kier alpha value is -3.22. The zero-order valence-corrected chi connectivity index (χ0v) is 15.2. The van der Waals surface area contributed by atoms with Gasteiger partial charge in [0.15, 0.2) is 11.5 Å². The largest absolute Gasteiger partial charge is 0.504 e. The molecule has 2 aromatic carbocycles. The summed E-state index contributed by atoms with van der Waals surface area (Å²) < 4.78 is 5.68. The van der Waals surface area contributed by atoms with E-state index in [2.05, 4.69) is 5.32 Å². The lowest BCUT2D eigenvalue weighted by molar-refractivity contribution is -0.131. The van der Waals surface area contributed by atoms with Crippen molar-refractivity contribution < 1.29 is 19.4 Å². The first-order valence-corrected chi connectivity index (χ1v) is 8.81. The maximum Gasteiger partial charge on any atom is 0.312 e. The number of primary amides is 1. The average Bonchev–Trinajstić information content (AvgIpc) is 2.85. The van der Waals surface area contributed by atoms with Gasteiger partial charge in [0.1, 0.15) is 6.61 Å². The molecule has 0 saturated heterocycles. The van der Waals surface area contributed by atoms with Crippen molar-refractivity contribution in [3.63, 3.8) is 0 Å². The van der Waals surface area contributed by atoms with E-state index in [1.807, 2.05) is 37.3 Å². The SMILES string of the molecule is Cc1ccc(-c2cc(O)c3c(c2)CN(C(=O)CCNC(N)=O)CCO3)cc1. The molecule has 0 spiro atoms. The minimum Gasteiger partial charge on any atom is -0.504 e. The Morgan fingerprint density at radius 1 is 1.22 bits per heavy atom. The van der Waals surface area contributed by atoms with Crippen molar-refractivity contribution in [2.75, 3.05) is 19.7 Å². The van der Waals surface area contributed by atoms with Crippen molar-refractivity contribution in [1.29, 1.82) is 0 Å². The average molecular weight is 369 g/mol. The highest BCUT2D eigenvalue weighted by molar-refractivity contribution is 5.78. The van der Waals surface area contributed by atoms with E-state index >= 15 is 0 Å². The number of fused-ring (bicyclic) bond motifs is 1. The highest BCUT2D eigenvalue weighted by Crippen LogP contribution is 2.37. The van der Waals surface area contributed by atoms with E-state index < -0.39 is 6.03 Å². The molecule has 1 aliphatic rings. The summed E-state index contributed by atoms with van der Waals surface area (Å²) in [7, 11) is 0. The van der Waals surface area contributed by atoms with Gasteiger partial charge in [0.05, 0.1) is 6.54 Å². The molecule has 0 radical (unpaired) electrons. The van der Waals surface area contributed by atoms with Crippen LogP contribution in [0, 0.1) is 6.92 Å². The smallest absolute Gasteiger partial charge is 0.312 e. The molecule has 1 aliphatic heterocycles. The first-order valence-electron chi connectivity index (χ1n) is 8.81. The molecule has 4 N–H and O–H groups in total. The number of amides is 3. The summed E-state index contributed by atoms with van der Waals surface area (Å²) in [6, 6.07) is 11.0. The maximum absolute atomic E-state index is 12.4. The molecule has 0 fully saturated rings. The van der Waals surface area contributed by atoms with Crippen LogP contribution >= 0.6 is 0 Å². The van der Waals surface area contributed by atoms with Crippen molar-refractivity contribution in [3.05, 3.63) is 47.5 Å². The molecule has 142 valence electrons. The number of phenolic OH excluding ortho intramolecular Hbond substituents is 1. The van der Waals surface area contributed by atoms with E-state index in [0.29, 0.717) is 25.4 Å². The number of carbonyl (C=O) groups is 2. The Morgan fingerprint density at radius 2 is 1.96 bits per heavy atom. The third kappa shape index (κ3) is 4.49. The predicted octanol–water partition coefficient (Wildman–Crippen LogP) is 2.15. The number of hydrogen-bond donors (Lipinski definition) is 3. The van der Waals surface area contributed by atoms with Crippen molar-refractivity contribution in [2.24, 2.45) is 5.73 Å². The Bertz CT molecular complexity index is 849. The van der Waals surface area contributed by atoms with Crippen LogP contribution < -0.4 is 15.8 Å². The second-order valence-electron chi connectivity index (χ2n) is 6.55. The van der Waals surface area contributed by atoms with Crippen LogP contribution in [-0.4, -0.2) is 41.6 Å². The van der Waals surface area contributed by atoms with Crippen LogP contribution in [-0.2, 0) is 11.3 Å². The summed E-state index contributed by atoms with van der Waals surface area (Å²) in [4.78, 5) is 24.8. The molecular weight excluding hydrogens is 346 g/mol. The van der Waals surface area contributed by atoms with Crippen LogP contribution in [0.25, 0.3) is 11.1 Å². The Balaban J connectivity index is 1.82. The molecule has 0 bridgehead atoms. The second-order valence-corrected chi connectivity index (χ2v) is 6.55. The molecule has 0 unspecified atom stereocenters. The Labute approximate surface area is 157 Å². The summed E-state index contributed by atoms with van der Waals surface area (Å²) >= 11 is 0. The van der Waals surface area contributed by atoms with Crippen LogP contribution in [0.15, 0.2) is 36.4 Å². The molecule has 3 rings (SSSR count). The second kappa shape index (κ2) is 7.99. The van der Waals surface area contributed by atoms with Crippen LogP contribution in [0.2, 0.25) is 0 Å². The lowest BCUT2D eigenvalue weighted by atomic mass is 10.0. The third-order valence-corrected chi connectivity index (χ3v) is 4.49. The van der Waals surface area contributed by atoms with Gasteiger partial charge in [0.25, 0.3) is 0 Å². The van der Waals surface area contributed by atoms with E-state index in [-0.39, 0.29) is 24.6 Å². The molecule has 0 aromatic heterocycles. The molecular formula is C20H23N3O4. The molecule has 27 heavy (non-hydrogen) atoms. The van der Waals surface area contributed by atoms with Gasteiger partial charge in [-0.3, -0.25) is 4.79 Å². The van der Waals surface area contributed by atoms with Gasteiger partial charge in [-0.2, -0.15) is 0 Å². The zero-order chi connectivity index (χ0) is 19.4. The van der Waals surface area contributed by atoms with Gasteiger partial charge in [-0.25, -0.2) is 4.79 Å². The minimum atomic E-state index is -0.653. The van der Waals surface area contributed by atoms with Gasteiger partial charge < -0.3 is 25.8 Å². The van der Waals surface area contributed by atoms with Crippen molar-refractivity contribution in [1.82, 2.24) is 10.2 Å².